The van der Waals surface area contributed by atoms with Gasteiger partial charge in [-0.2, -0.15) is 0 Å². The highest BCUT2D eigenvalue weighted by atomic mass is 35.5. The van der Waals surface area contributed by atoms with Gasteiger partial charge in [0.1, 0.15) is 22.3 Å². The molecule has 2 nitrogen and oxygen atoms in total. The minimum absolute atomic E-state index is 0.0453. The Hall–Kier alpha value is -1.29. The number of hydrogen-bond donors (Lipinski definition) is 0. The third-order valence-electron chi connectivity index (χ3n) is 1.78. The van der Waals surface area contributed by atoms with Crippen LogP contribution in [-0.2, 0) is 0 Å². The maximum atomic E-state index is 13.2. The van der Waals surface area contributed by atoms with Crippen molar-refractivity contribution in [3.63, 3.8) is 0 Å². The summed E-state index contributed by atoms with van der Waals surface area (Å²) in [6, 6.07) is 1.88. The smallest absolute Gasteiger partial charge is 0.152 e. The minimum Gasteiger partial charge on any atom is -0.230 e. The number of hydrogen-bond acceptors (Lipinski definition) is 2. The molecular weight excluding hydrogens is 210 g/mol. The summed E-state index contributed by atoms with van der Waals surface area (Å²) in [6.07, 6.45) is 0. The van der Waals surface area contributed by atoms with E-state index in [0.717, 1.165) is 12.1 Å². The zero-order chi connectivity index (χ0) is 10.3. The fraction of sp³-hybridized carbons (Fsp3) is 0.111. The van der Waals surface area contributed by atoms with E-state index in [0.29, 0.717) is 5.82 Å². The van der Waals surface area contributed by atoms with Crippen molar-refractivity contribution in [2.24, 2.45) is 0 Å². The monoisotopic (exact) mass is 214 g/mol. The first kappa shape index (κ1) is 9.27. The van der Waals surface area contributed by atoms with Crippen molar-refractivity contribution in [2.75, 3.05) is 0 Å². The van der Waals surface area contributed by atoms with E-state index >= 15 is 0 Å². The van der Waals surface area contributed by atoms with Crippen LogP contribution in [0.5, 0.6) is 0 Å². The normalized spacial score (nSPS) is 10.9. The first-order valence-corrected chi connectivity index (χ1v) is 4.24. The molecule has 0 saturated carbocycles. The molecule has 72 valence electrons. The Labute approximate surface area is 83.6 Å². The van der Waals surface area contributed by atoms with Crippen molar-refractivity contribution in [3.8, 4) is 0 Å². The lowest BCUT2D eigenvalue weighted by Crippen LogP contribution is -1.94. The molecule has 0 saturated heterocycles. The van der Waals surface area contributed by atoms with Gasteiger partial charge in [-0.05, 0) is 13.0 Å². The lowest BCUT2D eigenvalue weighted by Gasteiger charge is -2.02. The van der Waals surface area contributed by atoms with Crippen LogP contribution in [0.4, 0.5) is 8.78 Å². The molecule has 0 N–H and O–H groups in total. The number of aryl methyl sites for hydroxylation is 1. The van der Waals surface area contributed by atoms with Gasteiger partial charge < -0.3 is 0 Å². The lowest BCUT2D eigenvalue weighted by atomic mass is 10.2. The second-order valence-corrected chi connectivity index (χ2v) is 3.20. The molecule has 0 aliphatic rings. The summed E-state index contributed by atoms with van der Waals surface area (Å²) in [5.74, 6) is -1.07. The average molecular weight is 215 g/mol. The predicted octanol–water partition coefficient (Wildman–Crippen LogP) is 2.87. The molecule has 14 heavy (non-hydrogen) atoms. The zero-order valence-corrected chi connectivity index (χ0v) is 7.94. The van der Waals surface area contributed by atoms with E-state index < -0.39 is 11.6 Å². The number of aromatic nitrogens is 2. The number of rotatable bonds is 0. The lowest BCUT2D eigenvalue weighted by molar-refractivity contribution is 0.590. The van der Waals surface area contributed by atoms with E-state index in [1.54, 1.807) is 6.92 Å². The maximum absolute atomic E-state index is 13.2. The first-order chi connectivity index (χ1) is 6.58. The molecule has 0 unspecified atom stereocenters. The zero-order valence-electron chi connectivity index (χ0n) is 7.18. The second kappa shape index (κ2) is 3.13. The van der Waals surface area contributed by atoms with Gasteiger partial charge in [0, 0.05) is 11.5 Å². The quantitative estimate of drug-likeness (QED) is 0.631. The van der Waals surface area contributed by atoms with Crippen molar-refractivity contribution in [2.45, 2.75) is 6.92 Å². The largest absolute Gasteiger partial charge is 0.230 e. The Morgan fingerprint density at radius 3 is 2.64 bits per heavy atom. The molecule has 0 amide bonds. The van der Waals surface area contributed by atoms with Gasteiger partial charge in [-0.3, -0.25) is 0 Å². The van der Waals surface area contributed by atoms with Crippen LogP contribution in [0.2, 0.25) is 5.15 Å². The molecule has 0 aliphatic carbocycles. The second-order valence-electron chi connectivity index (χ2n) is 2.85. The van der Waals surface area contributed by atoms with Gasteiger partial charge in [0.05, 0.1) is 0 Å². The predicted molar refractivity (Wildman–Crippen MR) is 49.2 cm³/mol. The Morgan fingerprint density at radius 2 is 1.93 bits per heavy atom. The van der Waals surface area contributed by atoms with E-state index in [2.05, 4.69) is 9.97 Å². The molecule has 0 bridgehead atoms. The molecule has 1 aromatic carbocycles. The van der Waals surface area contributed by atoms with Crippen LogP contribution in [0.25, 0.3) is 10.9 Å². The van der Waals surface area contributed by atoms with E-state index in [-0.39, 0.29) is 16.1 Å². The van der Waals surface area contributed by atoms with Gasteiger partial charge in [-0.25, -0.2) is 18.7 Å². The SMILES string of the molecule is Cc1nc(Cl)c2cc(F)cc(F)c2n1. The molecule has 0 aliphatic heterocycles. The Morgan fingerprint density at radius 1 is 1.21 bits per heavy atom. The molecule has 0 radical (unpaired) electrons. The highest BCUT2D eigenvalue weighted by Gasteiger charge is 2.09. The van der Waals surface area contributed by atoms with Crippen LogP contribution in [0.15, 0.2) is 12.1 Å². The molecule has 0 fully saturated rings. The summed E-state index contributed by atoms with van der Waals surface area (Å²) in [4.78, 5) is 7.64. The number of nitrogens with zero attached hydrogens (tertiary/aromatic N) is 2. The topological polar surface area (TPSA) is 25.8 Å². The van der Waals surface area contributed by atoms with Gasteiger partial charge in [0.2, 0.25) is 0 Å². The molecule has 2 aromatic rings. The molecule has 2 rings (SSSR count). The Kier molecular flexibility index (Phi) is 2.07. The highest BCUT2D eigenvalue weighted by Crippen LogP contribution is 2.23. The van der Waals surface area contributed by atoms with Crippen LogP contribution in [0.3, 0.4) is 0 Å². The van der Waals surface area contributed by atoms with E-state index in [9.17, 15) is 8.78 Å². The van der Waals surface area contributed by atoms with Gasteiger partial charge in [-0.15, -0.1) is 0 Å². The highest BCUT2D eigenvalue weighted by molar-refractivity contribution is 6.34. The van der Waals surface area contributed by atoms with Crippen molar-refractivity contribution in [1.82, 2.24) is 9.97 Å². The third kappa shape index (κ3) is 1.42. The van der Waals surface area contributed by atoms with Gasteiger partial charge >= 0.3 is 0 Å². The molecular formula is C9H5ClF2N2. The van der Waals surface area contributed by atoms with Crippen molar-refractivity contribution in [1.29, 1.82) is 0 Å². The molecule has 0 atom stereocenters. The van der Waals surface area contributed by atoms with Gasteiger partial charge in [0.25, 0.3) is 0 Å². The van der Waals surface area contributed by atoms with Crippen LogP contribution in [-0.4, -0.2) is 9.97 Å². The van der Waals surface area contributed by atoms with E-state index in [1.165, 1.54) is 0 Å². The fourth-order valence-corrected chi connectivity index (χ4v) is 1.49. The summed E-state index contributed by atoms with van der Waals surface area (Å²) in [6.45, 7) is 1.59. The van der Waals surface area contributed by atoms with Gasteiger partial charge in [0.15, 0.2) is 5.82 Å². The minimum atomic E-state index is -0.729. The number of halogens is 3. The maximum Gasteiger partial charge on any atom is 0.152 e. The van der Waals surface area contributed by atoms with Crippen LogP contribution >= 0.6 is 11.6 Å². The van der Waals surface area contributed by atoms with E-state index in [4.69, 9.17) is 11.6 Å². The third-order valence-corrected chi connectivity index (χ3v) is 2.07. The summed E-state index contributed by atoms with van der Waals surface area (Å²) >= 11 is 5.72. The number of benzene rings is 1. The Bertz CT molecular complexity index is 466. The summed E-state index contributed by atoms with van der Waals surface area (Å²) in [7, 11) is 0. The summed E-state index contributed by atoms with van der Waals surface area (Å²) in [5, 5.41) is 0.251. The first-order valence-electron chi connectivity index (χ1n) is 3.87. The fourth-order valence-electron chi connectivity index (χ4n) is 1.23. The number of fused-ring (bicyclic) bond motifs is 1. The van der Waals surface area contributed by atoms with Crippen molar-refractivity contribution < 1.29 is 8.78 Å². The van der Waals surface area contributed by atoms with Crippen molar-refractivity contribution in [3.05, 3.63) is 34.7 Å². The molecule has 1 heterocycles. The summed E-state index contributed by atoms with van der Waals surface area (Å²) in [5.41, 5.74) is 0.0453. The molecule has 5 heteroatoms. The van der Waals surface area contributed by atoms with Crippen molar-refractivity contribution >= 4 is 22.5 Å². The van der Waals surface area contributed by atoms with Gasteiger partial charge in [-0.1, -0.05) is 11.6 Å². The van der Waals surface area contributed by atoms with Crippen LogP contribution < -0.4 is 0 Å². The summed E-state index contributed by atoms with van der Waals surface area (Å²) < 4.78 is 26.0. The molecule has 0 spiro atoms. The standard InChI is InChI=1S/C9H5ClF2N2/c1-4-13-8-6(9(10)14-4)2-5(11)3-7(8)12/h2-3H,1H3. The average Bonchev–Trinajstić information content (AvgIpc) is 2.07. The van der Waals surface area contributed by atoms with E-state index in [1.807, 2.05) is 0 Å². The molecule has 1 aromatic heterocycles. The van der Waals surface area contributed by atoms with Crippen LogP contribution in [0, 0.1) is 18.6 Å². The van der Waals surface area contributed by atoms with Crippen LogP contribution in [0.1, 0.15) is 5.82 Å². The Balaban J connectivity index is 2.94.